The SMILES string of the molecule is CCOC(=O)Cc1nc(CN)cc(C(F)F)c1I. The number of aromatic nitrogens is 1. The molecule has 0 radical (unpaired) electrons. The number of pyridine rings is 1. The Bertz CT molecular complexity index is 441. The molecule has 0 saturated heterocycles. The van der Waals surface area contributed by atoms with Gasteiger partial charge in [0.25, 0.3) is 6.43 Å². The van der Waals surface area contributed by atoms with E-state index in [0.717, 1.165) is 0 Å². The standard InChI is InChI=1S/C11H13F2IN2O2/c1-2-18-9(17)4-8-10(14)7(11(12)13)3-6(5-15)16-8/h3,11H,2,4-5,15H2,1H3. The van der Waals surface area contributed by atoms with Gasteiger partial charge in [-0.25, -0.2) is 8.78 Å². The second-order valence-corrected chi connectivity index (χ2v) is 4.53. The largest absolute Gasteiger partial charge is 0.466 e. The Hall–Kier alpha value is -0.830. The lowest BCUT2D eigenvalue weighted by molar-refractivity contribution is -0.142. The number of rotatable bonds is 5. The molecule has 0 aliphatic heterocycles. The third kappa shape index (κ3) is 3.84. The first-order valence-electron chi connectivity index (χ1n) is 5.31. The molecule has 0 saturated carbocycles. The summed E-state index contributed by atoms with van der Waals surface area (Å²) in [4.78, 5) is 15.5. The number of carbonyl (C=O) groups excluding carboxylic acids is 1. The number of esters is 1. The fourth-order valence-electron chi connectivity index (χ4n) is 1.39. The first-order chi connectivity index (χ1) is 8.49. The summed E-state index contributed by atoms with van der Waals surface area (Å²) in [5, 5.41) is 0. The van der Waals surface area contributed by atoms with Crippen LogP contribution in [0.5, 0.6) is 0 Å². The average Bonchev–Trinajstić information content (AvgIpc) is 2.31. The van der Waals surface area contributed by atoms with Gasteiger partial charge in [0, 0.05) is 15.7 Å². The zero-order valence-electron chi connectivity index (χ0n) is 9.75. The Morgan fingerprint density at radius 1 is 1.61 bits per heavy atom. The molecule has 0 unspecified atom stereocenters. The molecule has 0 amide bonds. The molecule has 1 aromatic rings. The summed E-state index contributed by atoms with van der Waals surface area (Å²) in [6, 6.07) is 1.26. The highest BCUT2D eigenvalue weighted by molar-refractivity contribution is 14.1. The molecule has 0 bridgehead atoms. The van der Waals surface area contributed by atoms with Gasteiger partial charge in [-0.15, -0.1) is 0 Å². The van der Waals surface area contributed by atoms with Crippen molar-refractivity contribution in [3.8, 4) is 0 Å². The number of hydrogen-bond donors (Lipinski definition) is 1. The molecule has 1 rings (SSSR count). The number of ether oxygens (including phenoxy) is 1. The predicted molar refractivity (Wildman–Crippen MR) is 70.1 cm³/mol. The summed E-state index contributed by atoms with van der Waals surface area (Å²) in [6.07, 6.45) is -2.74. The smallest absolute Gasteiger partial charge is 0.311 e. The number of nitrogens with two attached hydrogens (primary N) is 1. The van der Waals surface area contributed by atoms with E-state index >= 15 is 0 Å². The van der Waals surface area contributed by atoms with Crippen LogP contribution in [0.25, 0.3) is 0 Å². The fourth-order valence-corrected chi connectivity index (χ4v) is 2.10. The van der Waals surface area contributed by atoms with Gasteiger partial charge in [-0.1, -0.05) is 0 Å². The molecule has 1 aromatic heterocycles. The van der Waals surface area contributed by atoms with Crippen LogP contribution in [0.15, 0.2) is 6.07 Å². The second-order valence-electron chi connectivity index (χ2n) is 3.45. The average molecular weight is 370 g/mol. The fraction of sp³-hybridized carbons (Fsp3) is 0.455. The lowest BCUT2D eigenvalue weighted by atomic mass is 10.1. The van der Waals surface area contributed by atoms with E-state index in [1.807, 2.05) is 0 Å². The summed E-state index contributed by atoms with van der Waals surface area (Å²) in [6.45, 7) is 1.97. The lowest BCUT2D eigenvalue weighted by Gasteiger charge is -2.11. The van der Waals surface area contributed by atoms with Gasteiger partial charge in [-0.2, -0.15) is 0 Å². The summed E-state index contributed by atoms with van der Waals surface area (Å²) >= 11 is 1.76. The van der Waals surface area contributed by atoms with Gasteiger partial charge < -0.3 is 10.5 Å². The molecule has 2 N–H and O–H groups in total. The highest BCUT2D eigenvalue weighted by Crippen LogP contribution is 2.27. The molecule has 4 nitrogen and oxygen atoms in total. The molecule has 0 aliphatic carbocycles. The van der Waals surface area contributed by atoms with Crippen molar-refractivity contribution in [3.63, 3.8) is 0 Å². The Kier molecular flexibility index (Phi) is 5.86. The molecule has 0 fully saturated rings. The van der Waals surface area contributed by atoms with Gasteiger partial charge in [0.2, 0.25) is 0 Å². The predicted octanol–water partition coefficient (Wildman–Crippen LogP) is 2.19. The van der Waals surface area contributed by atoms with E-state index in [-0.39, 0.29) is 34.4 Å². The summed E-state index contributed by atoms with van der Waals surface area (Å²) in [5.41, 5.74) is 5.88. The van der Waals surface area contributed by atoms with Crippen molar-refractivity contribution in [1.82, 2.24) is 4.98 Å². The van der Waals surface area contributed by atoms with Crippen LogP contribution < -0.4 is 5.73 Å². The van der Waals surface area contributed by atoms with Crippen molar-refractivity contribution in [2.45, 2.75) is 26.3 Å². The van der Waals surface area contributed by atoms with Crippen LogP contribution in [0.4, 0.5) is 8.78 Å². The molecule has 0 atom stereocenters. The van der Waals surface area contributed by atoms with Crippen LogP contribution in [0.3, 0.4) is 0 Å². The first-order valence-corrected chi connectivity index (χ1v) is 6.39. The molecule has 0 aromatic carbocycles. The Balaban J connectivity index is 3.09. The van der Waals surface area contributed by atoms with E-state index in [1.165, 1.54) is 6.07 Å². The number of carbonyl (C=O) groups is 1. The zero-order valence-corrected chi connectivity index (χ0v) is 11.9. The van der Waals surface area contributed by atoms with Crippen LogP contribution >= 0.6 is 22.6 Å². The van der Waals surface area contributed by atoms with E-state index < -0.39 is 12.4 Å². The Morgan fingerprint density at radius 2 is 2.28 bits per heavy atom. The van der Waals surface area contributed by atoms with Crippen LogP contribution in [0.1, 0.15) is 30.3 Å². The van der Waals surface area contributed by atoms with Crippen molar-refractivity contribution in [3.05, 3.63) is 26.6 Å². The number of nitrogens with zero attached hydrogens (tertiary/aromatic N) is 1. The second kappa shape index (κ2) is 6.93. The molecule has 1 heterocycles. The van der Waals surface area contributed by atoms with Gasteiger partial charge >= 0.3 is 5.97 Å². The van der Waals surface area contributed by atoms with Crippen molar-refractivity contribution < 1.29 is 18.3 Å². The third-order valence-corrected chi connectivity index (χ3v) is 3.41. The van der Waals surface area contributed by atoms with Crippen LogP contribution in [-0.4, -0.2) is 17.6 Å². The van der Waals surface area contributed by atoms with Crippen molar-refractivity contribution >= 4 is 28.6 Å². The quantitative estimate of drug-likeness (QED) is 0.638. The highest BCUT2D eigenvalue weighted by Gasteiger charge is 2.19. The zero-order chi connectivity index (χ0) is 13.7. The first kappa shape index (κ1) is 15.2. The van der Waals surface area contributed by atoms with Crippen LogP contribution in [-0.2, 0) is 22.5 Å². The monoisotopic (exact) mass is 370 g/mol. The normalized spacial score (nSPS) is 10.8. The van der Waals surface area contributed by atoms with E-state index in [1.54, 1.807) is 29.5 Å². The molecular formula is C11H13F2IN2O2. The Labute approximate surface area is 117 Å². The number of alkyl halides is 2. The maximum atomic E-state index is 12.8. The maximum absolute atomic E-state index is 12.8. The van der Waals surface area contributed by atoms with Crippen molar-refractivity contribution in [2.24, 2.45) is 5.73 Å². The van der Waals surface area contributed by atoms with Crippen LogP contribution in [0, 0.1) is 3.57 Å². The third-order valence-electron chi connectivity index (χ3n) is 2.17. The molecule has 0 spiro atoms. The summed E-state index contributed by atoms with van der Waals surface area (Å²) in [5.74, 6) is -0.489. The Morgan fingerprint density at radius 3 is 2.78 bits per heavy atom. The van der Waals surface area contributed by atoms with Gasteiger partial charge in [0.05, 0.1) is 24.4 Å². The number of hydrogen-bond acceptors (Lipinski definition) is 4. The maximum Gasteiger partial charge on any atom is 0.311 e. The molecule has 100 valence electrons. The van der Waals surface area contributed by atoms with Crippen molar-refractivity contribution in [2.75, 3.05) is 6.61 Å². The molecule has 18 heavy (non-hydrogen) atoms. The van der Waals surface area contributed by atoms with E-state index in [9.17, 15) is 13.6 Å². The van der Waals surface area contributed by atoms with Crippen molar-refractivity contribution in [1.29, 1.82) is 0 Å². The van der Waals surface area contributed by atoms with Gasteiger partial charge in [-0.05, 0) is 35.6 Å². The minimum absolute atomic E-state index is 0.0481. The molecule has 7 heteroatoms. The molecular weight excluding hydrogens is 357 g/mol. The van der Waals surface area contributed by atoms with E-state index in [2.05, 4.69) is 4.98 Å². The minimum Gasteiger partial charge on any atom is -0.466 e. The topological polar surface area (TPSA) is 65.2 Å². The van der Waals surface area contributed by atoms with E-state index in [4.69, 9.17) is 10.5 Å². The summed E-state index contributed by atoms with van der Waals surface area (Å²) in [7, 11) is 0. The number of halogens is 3. The highest BCUT2D eigenvalue weighted by atomic mass is 127. The minimum atomic E-state index is -2.62. The lowest BCUT2D eigenvalue weighted by Crippen LogP contribution is -2.13. The van der Waals surface area contributed by atoms with E-state index in [0.29, 0.717) is 5.69 Å². The van der Waals surface area contributed by atoms with Crippen LogP contribution in [0.2, 0.25) is 0 Å². The molecule has 0 aliphatic rings. The van der Waals surface area contributed by atoms with Gasteiger partial charge in [-0.3, -0.25) is 9.78 Å². The summed E-state index contributed by atoms with van der Waals surface area (Å²) < 4.78 is 30.7. The van der Waals surface area contributed by atoms with Gasteiger partial charge in [0.1, 0.15) is 0 Å². The van der Waals surface area contributed by atoms with Gasteiger partial charge in [0.15, 0.2) is 0 Å².